The van der Waals surface area contributed by atoms with E-state index in [4.69, 9.17) is 4.74 Å². The van der Waals surface area contributed by atoms with Crippen LogP contribution in [0.3, 0.4) is 0 Å². The van der Waals surface area contributed by atoms with Crippen molar-refractivity contribution < 1.29 is 17.9 Å². The molecule has 126 valence electrons. The Balaban J connectivity index is 1.90. The molecule has 1 atom stereocenters. The molecule has 2 fully saturated rings. The molecule has 23 heavy (non-hydrogen) atoms. The largest absolute Gasteiger partial charge is 0.465 e. The lowest BCUT2D eigenvalue weighted by atomic mass is 9.80. The predicted molar refractivity (Wildman–Crippen MR) is 85.7 cm³/mol. The number of sulfonamides is 1. The molecule has 3 rings (SSSR count). The Hall–Kier alpha value is -1.44. The third-order valence-electron chi connectivity index (χ3n) is 4.87. The Kier molecular flexibility index (Phi) is 4.44. The second-order valence-corrected chi connectivity index (χ2v) is 8.26. The molecule has 6 nitrogen and oxygen atoms in total. The first-order valence-electron chi connectivity index (χ1n) is 7.87. The van der Waals surface area contributed by atoms with E-state index >= 15 is 0 Å². The van der Waals surface area contributed by atoms with Gasteiger partial charge in [-0.3, -0.25) is 0 Å². The minimum absolute atomic E-state index is 0.0333. The zero-order valence-electron chi connectivity index (χ0n) is 13.2. The summed E-state index contributed by atoms with van der Waals surface area (Å²) in [7, 11) is -2.44. The summed E-state index contributed by atoms with van der Waals surface area (Å²) >= 11 is 0. The van der Waals surface area contributed by atoms with Crippen LogP contribution in [0.25, 0.3) is 0 Å². The van der Waals surface area contributed by atoms with E-state index in [1.165, 1.54) is 23.5 Å². The van der Waals surface area contributed by atoms with Crippen LogP contribution in [-0.4, -0.2) is 52.0 Å². The van der Waals surface area contributed by atoms with Crippen molar-refractivity contribution in [3.05, 3.63) is 29.8 Å². The lowest BCUT2D eigenvalue weighted by Crippen LogP contribution is -2.42. The number of hydrogen-bond donors (Lipinski definition) is 1. The van der Waals surface area contributed by atoms with Crippen LogP contribution in [0.1, 0.15) is 29.6 Å². The molecule has 0 saturated carbocycles. The molecule has 2 aliphatic heterocycles. The minimum atomic E-state index is -3.70. The number of hydrogen-bond acceptors (Lipinski definition) is 5. The molecule has 0 amide bonds. The first-order chi connectivity index (χ1) is 11.0. The van der Waals surface area contributed by atoms with E-state index in [2.05, 4.69) is 5.32 Å². The topological polar surface area (TPSA) is 75.7 Å². The Morgan fingerprint density at radius 3 is 2.78 bits per heavy atom. The fourth-order valence-electron chi connectivity index (χ4n) is 3.59. The second-order valence-electron chi connectivity index (χ2n) is 6.36. The van der Waals surface area contributed by atoms with E-state index in [9.17, 15) is 13.2 Å². The fourth-order valence-corrected chi connectivity index (χ4v) is 5.32. The van der Waals surface area contributed by atoms with Gasteiger partial charge in [-0.05, 0) is 43.4 Å². The first kappa shape index (κ1) is 16.4. The molecule has 1 aromatic rings. The van der Waals surface area contributed by atoms with Gasteiger partial charge in [-0.25, -0.2) is 13.2 Å². The summed E-state index contributed by atoms with van der Waals surface area (Å²) in [6.45, 7) is 2.87. The van der Waals surface area contributed by atoms with E-state index in [0.29, 0.717) is 13.1 Å². The molecular weight excluding hydrogens is 316 g/mol. The molecule has 1 spiro atoms. The molecule has 0 aliphatic carbocycles. The average molecular weight is 338 g/mol. The monoisotopic (exact) mass is 338 g/mol. The van der Waals surface area contributed by atoms with Crippen molar-refractivity contribution in [2.75, 3.05) is 33.3 Å². The molecule has 0 aromatic heterocycles. The molecule has 0 bridgehead atoms. The van der Waals surface area contributed by atoms with Gasteiger partial charge in [-0.1, -0.05) is 12.1 Å². The van der Waals surface area contributed by atoms with Gasteiger partial charge in [-0.15, -0.1) is 0 Å². The highest BCUT2D eigenvalue weighted by molar-refractivity contribution is 7.89. The number of nitrogens with one attached hydrogen (secondary N) is 1. The lowest BCUT2D eigenvalue weighted by molar-refractivity contribution is 0.0596. The molecule has 7 heteroatoms. The van der Waals surface area contributed by atoms with E-state index in [1.54, 1.807) is 12.1 Å². The smallest absolute Gasteiger partial charge is 0.339 e. The Bertz CT molecular complexity index is 696. The van der Waals surface area contributed by atoms with Crippen molar-refractivity contribution in [2.24, 2.45) is 5.41 Å². The number of rotatable bonds is 3. The maximum absolute atomic E-state index is 13.0. The van der Waals surface area contributed by atoms with Crippen LogP contribution in [0.15, 0.2) is 29.2 Å². The molecule has 2 aliphatic rings. The molecule has 1 aromatic carbocycles. The van der Waals surface area contributed by atoms with Gasteiger partial charge in [-0.2, -0.15) is 4.31 Å². The molecular formula is C16H22N2O4S. The number of carbonyl (C=O) groups is 1. The van der Waals surface area contributed by atoms with Gasteiger partial charge in [0.25, 0.3) is 0 Å². The van der Waals surface area contributed by atoms with Crippen molar-refractivity contribution in [1.29, 1.82) is 0 Å². The van der Waals surface area contributed by atoms with Crippen molar-refractivity contribution in [3.63, 3.8) is 0 Å². The number of nitrogens with zero attached hydrogens (tertiary/aromatic N) is 1. The summed E-state index contributed by atoms with van der Waals surface area (Å²) in [5.41, 5.74) is 0.128. The van der Waals surface area contributed by atoms with Crippen molar-refractivity contribution >= 4 is 16.0 Å². The summed E-state index contributed by atoms with van der Waals surface area (Å²) in [6, 6.07) is 6.24. The highest BCUT2D eigenvalue weighted by Gasteiger charge is 2.44. The summed E-state index contributed by atoms with van der Waals surface area (Å²) < 4.78 is 32.2. The number of benzene rings is 1. The van der Waals surface area contributed by atoms with Crippen LogP contribution in [0.4, 0.5) is 0 Å². The van der Waals surface area contributed by atoms with E-state index in [-0.39, 0.29) is 15.9 Å². The number of ether oxygens (including phenoxy) is 1. The lowest BCUT2D eigenvalue weighted by Gasteiger charge is -2.33. The van der Waals surface area contributed by atoms with Crippen LogP contribution in [0.5, 0.6) is 0 Å². The third-order valence-corrected chi connectivity index (χ3v) is 6.78. The van der Waals surface area contributed by atoms with Crippen molar-refractivity contribution in [3.8, 4) is 0 Å². The van der Waals surface area contributed by atoms with Crippen molar-refractivity contribution in [2.45, 2.75) is 24.2 Å². The third kappa shape index (κ3) is 3.00. The average Bonchev–Trinajstić information content (AvgIpc) is 2.99. The van der Waals surface area contributed by atoms with Crippen LogP contribution in [0.2, 0.25) is 0 Å². The summed E-state index contributed by atoms with van der Waals surface area (Å²) in [6.07, 6.45) is 2.98. The summed E-state index contributed by atoms with van der Waals surface area (Å²) in [5.74, 6) is -0.627. The number of carbonyl (C=O) groups excluding carboxylic acids is 1. The molecule has 0 unspecified atom stereocenters. The molecule has 2 saturated heterocycles. The SMILES string of the molecule is COC(=O)c1ccccc1S(=O)(=O)N1CC[C@@]2(CCCNC2)C1. The maximum atomic E-state index is 13.0. The van der Waals surface area contributed by atoms with Crippen LogP contribution < -0.4 is 5.32 Å². The second kappa shape index (κ2) is 6.22. The van der Waals surface area contributed by atoms with Crippen LogP contribution >= 0.6 is 0 Å². The van der Waals surface area contributed by atoms with Crippen LogP contribution in [0, 0.1) is 5.41 Å². The standard InChI is InChI=1S/C16H22N2O4S/c1-22-15(19)13-5-2-3-6-14(13)23(20,21)18-10-8-16(12-18)7-4-9-17-11-16/h2-3,5-6,17H,4,7-12H2,1H3/t16-/m1/s1. The van der Waals surface area contributed by atoms with Crippen molar-refractivity contribution in [1.82, 2.24) is 9.62 Å². The maximum Gasteiger partial charge on any atom is 0.339 e. The zero-order chi connectivity index (χ0) is 16.5. The number of esters is 1. The van der Waals surface area contributed by atoms with Gasteiger partial charge < -0.3 is 10.1 Å². The van der Waals surface area contributed by atoms with Gasteiger partial charge in [0, 0.05) is 19.6 Å². The van der Waals surface area contributed by atoms with Gasteiger partial charge in [0.2, 0.25) is 10.0 Å². The first-order valence-corrected chi connectivity index (χ1v) is 9.31. The van der Waals surface area contributed by atoms with Gasteiger partial charge >= 0.3 is 5.97 Å². The van der Waals surface area contributed by atoms with Gasteiger partial charge in [0.05, 0.1) is 17.6 Å². The normalized spacial score (nSPS) is 25.6. The fraction of sp³-hybridized carbons (Fsp3) is 0.562. The van der Waals surface area contributed by atoms with Gasteiger partial charge in [0.15, 0.2) is 0 Å². The Morgan fingerprint density at radius 2 is 2.09 bits per heavy atom. The minimum Gasteiger partial charge on any atom is -0.465 e. The van der Waals surface area contributed by atoms with E-state index in [0.717, 1.165) is 32.4 Å². The number of methoxy groups -OCH3 is 1. The zero-order valence-corrected chi connectivity index (χ0v) is 14.1. The highest BCUT2D eigenvalue weighted by Crippen LogP contribution is 2.39. The van der Waals surface area contributed by atoms with E-state index < -0.39 is 16.0 Å². The quantitative estimate of drug-likeness (QED) is 0.839. The molecule has 0 radical (unpaired) electrons. The van der Waals surface area contributed by atoms with E-state index in [1.807, 2.05) is 0 Å². The highest BCUT2D eigenvalue weighted by atomic mass is 32.2. The summed E-state index contributed by atoms with van der Waals surface area (Å²) in [4.78, 5) is 11.9. The Labute approximate surface area is 136 Å². The van der Waals surface area contributed by atoms with Crippen LogP contribution in [-0.2, 0) is 14.8 Å². The number of piperidine rings is 1. The predicted octanol–water partition coefficient (Wildman–Crippen LogP) is 1.24. The Morgan fingerprint density at radius 1 is 1.30 bits per heavy atom. The molecule has 2 heterocycles. The molecule has 1 N–H and O–H groups in total. The summed E-state index contributed by atoms with van der Waals surface area (Å²) in [5, 5.41) is 3.37. The van der Waals surface area contributed by atoms with Gasteiger partial charge in [0.1, 0.15) is 0 Å².